The first-order chi connectivity index (χ1) is 11.7. The Morgan fingerprint density at radius 2 is 2.12 bits per heavy atom. The molecule has 128 valence electrons. The van der Waals surface area contributed by atoms with Crippen molar-refractivity contribution >= 4 is 29.1 Å². The van der Waals surface area contributed by atoms with E-state index in [9.17, 15) is 0 Å². The van der Waals surface area contributed by atoms with E-state index in [0.29, 0.717) is 22.8 Å². The predicted octanol–water partition coefficient (Wildman–Crippen LogP) is 2.41. The lowest BCUT2D eigenvalue weighted by atomic mass is 9.79. The molecule has 0 radical (unpaired) electrons. The van der Waals surface area contributed by atoms with Crippen LogP contribution in [0.15, 0.2) is 18.6 Å². The molecule has 1 aliphatic carbocycles. The first-order valence-electron chi connectivity index (χ1n) is 8.43. The van der Waals surface area contributed by atoms with Crippen LogP contribution in [-0.4, -0.2) is 38.9 Å². The Hall–Kier alpha value is -1.86. The topological polar surface area (TPSA) is 79.7 Å². The molecular weight excluding hydrogens is 326 g/mol. The maximum absolute atomic E-state index is 6.29. The van der Waals surface area contributed by atoms with Crippen LogP contribution in [0.2, 0.25) is 5.02 Å². The van der Waals surface area contributed by atoms with Gasteiger partial charge in [0.15, 0.2) is 5.82 Å². The van der Waals surface area contributed by atoms with Crippen molar-refractivity contribution in [2.45, 2.75) is 25.3 Å². The Bertz CT molecular complexity index is 716. The second-order valence-electron chi connectivity index (χ2n) is 6.75. The summed E-state index contributed by atoms with van der Waals surface area (Å²) in [5, 5.41) is 14.9. The highest BCUT2D eigenvalue weighted by Crippen LogP contribution is 2.34. The molecular formula is C16H22ClN7. The zero-order chi connectivity index (χ0) is 16.5. The van der Waals surface area contributed by atoms with E-state index in [4.69, 9.17) is 11.6 Å². The predicted molar refractivity (Wildman–Crippen MR) is 94.6 cm³/mol. The average molecular weight is 348 g/mol. The summed E-state index contributed by atoms with van der Waals surface area (Å²) in [5.74, 6) is 2.83. The summed E-state index contributed by atoms with van der Waals surface area (Å²) in [7, 11) is 1.87. The molecule has 24 heavy (non-hydrogen) atoms. The highest BCUT2D eigenvalue weighted by Gasteiger charge is 2.33. The van der Waals surface area contributed by atoms with Crippen molar-refractivity contribution in [1.82, 2.24) is 25.1 Å². The number of hydrogen-bond donors (Lipinski definition) is 3. The molecule has 1 saturated heterocycles. The molecule has 0 aromatic carbocycles. The molecule has 1 aliphatic heterocycles. The normalized spacial score (nSPS) is 26.2. The largest absolute Gasteiger partial charge is 0.366 e. The van der Waals surface area contributed by atoms with Crippen LogP contribution < -0.4 is 16.0 Å². The maximum Gasteiger partial charge on any atom is 0.229 e. The summed E-state index contributed by atoms with van der Waals surface area (Å²) >= 11 is 6.29. The number of hydrogen-bond acceptors (Lipinski definition) is 6. The molecule has 2 fully saturated rings. The van der Waals surface area contributed by atoms with E-state index in [-0.39, 0.29) is 0 Å². The summed E-state index contributed by atoms with van der Waals surface area (Å²) in [6.45, 7) is 2.30. The lowest BCUT2D eigenvalue weighted by molar-refractivity contribution is 0.281. The molecule has 8 heteroatoms. The van der Waals surface area contributed by atoms with E-state index in [1.54, 1.807) is 17.1 Å². The fourth-order valence-corrected chi connectivity index (χ4v) is 3.91. The van der Waals surface area contributed by atoms with E-state index in [1.807, 2.05) is 13.2 Å². The van der Waals surface area contributed by atoms with Gasteiger partial charge in [-0.25, -0.2) is 4.98 Å². The average Bonchev–Trinajstić information content (AvgIpc) is 3.19. The van der Waals surface area contributed by atoms with Crippen LogP contribution in [0.3, 0.4) is 0 Å². The molecule has 3 N–H and O–H groups in total. The van der Waals surface area contributed by atoms with Crippen molar-refractivity contribution in [3.05, 3.63) is 23.6 Å². The van der Waals surface area contributed by atoms with Gasteiger partial charge in [-0.2, -0.15) is 10.1 Å². The molecule has 3 atom stereocenters. The van der Waals surface area contributed by atoms with Crippen LogP contribution in [0.4, 0.5) is 17.5 Å². The summed E-state index contributed by atoms with van der Waals surface area (Å²) < 4.78 is 1.73. The van der Waals surface area contributed by atoms with Crippen molar-refractivity contribution in [1.29, 1.82) is 0 Å². The standard InChI is InChI=1S/C16H22ClN7/c1-24-9-13(7-20-24)22-16-19-8-14(17)15(23-16)21-12-3-2-10-5-18-6-11(10)4-12/h7-12,18H,2-6H2,1H3,(H2,19,21,22,23). The maximum atomic E-state index is 6.29. The van der Waals surface area contributed by atoms with Crippen LogP contribution in [0.25, 0.3) is 0 Å². The Labute approximate surface area is 146 Å². The second kappa shape index (κ2) is 6.57. The minimum absolute atomic E-state index is 0.421. The molecule has 3 unspecified atom stereocenters. The highest BCUT2D eigenvalue weighted by atomic mass is 35.5. The lowest BCUT2D eigenvalue weighted by Crippen LogP contribution is -2.32. The van der Waals surface area contributed by atoms with Crippen molar-refractivity contribution in [3.8, 4) is 0 Å². The van der Waals surface area contributed by atoms with Gasteiger partial charge in [0.1, 0.15) is 5.02 Å². The molecule has 2 aromatic rings. The number of fused-ring (bicyclic) bond motifs is 1. The third-order valence-corrected chi connectivity index (χ3v) is 5.28. The monoisotopic (exact) mass is 347 g/mol. The van der Waals surface area contributed by atoms with Crippen LogP contribution in [0.5, 0.6) is 0 Å². The van der Waals surface area contributed by atoms with E-state index in [2.05, 4.69) is 31.0 Å². The minimum atomic E-state index is 0.421. The smallest absolute Gasteiger partial charge is 0.229 e. The van der Waals surface area contributed by atoms with Gasteiger partial charge < -0.3 is 16.0 Å². The Morgan fingerprint density at radius 1 is 1.25 bits per heavy atom. The van der Waals surface area contributed by atoms with E-state index < -0.39 is 0 Å². The number of aryl methyl sites for hydroxylation is 1. The van der Waals surface area contributed by atoms with Gasteiger partial charge >= 0.3 is 0 Å². The van der Waals surface area contributed by atoms with Gasteiger partial charge in [0, 0.05) is 19.3 Å². The Balaban J connectivity index is 1.45. The number of nitrogens with zero attached hydrogens (tertiary/aromatic N) is 4. The molecule has 2 aliphatic rings. The fraction of sp³-hybridized carbons (Fsp3) is 0.562. The molecule has 0 spiro atoms. The van der Waals surface area contributed by atoms with E-state index >= 15 is 0 Å². The van der Waals surface area contributed by atoms with Gasteiger partial charge in [-0.05, 0) is 44.2 Å². The zero-order valence-corrected chi connectivity index (χ0v) is 14.4. The van der Waals surface area contributed by atoms with Crippen LogP contribution in [0, 0.1) is 11.8 Å². The van der Waals surface area contributed by atoms with E-state index in [0.717, 1.165) is 30.5 Å². The number of aromatic nitrogens is 4. The number of anilines is 3. The third-order valence-electron chi connectivity index (χ3n) is 5.00. The zero-order valence-electron chi connectivity index (χ0n) is 13.7. The van der Waals surface area contributed by atoms with Crippen molar-refractivity contribution < 1.29 is 0 Å². The van der Waals surface area contributed by atoms with Crippen molar-refractivity contribution in [2.75, 3.05) is 23.7 Å². The third kappa shape index (κ3) is 3.32. The van der Waals surface area contributed by atoms with Gasteiger partial charge in [-0.3, -0.25) is 4.68 Å². The van der Waals surface area contributed by atoms with Gasteiger partial charge in [-0.1, -0.05) is 11.6 Å². The second-order valence-corrected chi connectivity index (χ2v) is 7.16. The molecule has 7 nitrogen and oxygen atoms in total. The molecule has 2 aromatic heterocycles. The van der Waals surface area contributed by atoms with Gasteiger partial charge in [0.2, 0.25) is 5.95 Å². The number of halogens is 1. The highest BCUT2D eigenvalue weighted by molar-refractivity contribution is 6.32. The van der Waals surface area contributed by atoms with Crippen molar-refractivity contribution in [3.63, 3.8) is 0 Å². The van der Waals surface area contributed by atoms with Crippen LogP contribution in [-0.2, 0) is 7.05 Å². The molecule has 1 saturated carbocycles. The molecule has 0 amide bonds. The van der Waals surface area contributed by atoms with Gasteiger partial charge in [0.25, 0.3) is 0 Å². The van der Waals surface area contributed by atoms with E-state index in [1.165, 1.54) is 19.4 Å². The number of nitrogens with one attached hydrogen (secondary N) is 3. The molecule has 0 bridgehead atoms. The van der Waals surface area contributed by atoms with Crippen LogP contribution in [0.1, 0.15) is 19.3 Å². The van der Waals surface area contributed by atoms with Gasteiger partial charge in [-0.15, -0.1) is 0 Å². The quantitative estimate of drug-likeness (QED) is 0.788. The lowest BCUT2D eigenvalue weighted by Gasteiger charge is -2.32. The summed E-state index contributed by atoms with van der Waals surface area (Å²) in [4.78, 5) is 8.79. The SMILES string of the molecule is Cn1cc(Nc2ncc(Cl)c(NC3CCC4CNCC4C3)n2)cn1. The van der Waals surface area contributed by atoms with Crippen LogP contribution >= 0.6 is 11.6 Å². The summed E-state index contributed by atoms with van der Waals surface area (Å²) in [6, 6.07) is 0.421. The van der Waals surface area contributed by atoms with Gasteiger partial charge in [0.05, 0.1) is 18.1 Å². The molecule has 3 heterocycles. The Kier molecular flexibility index (Phi) is 4.28. The Morgan fingerprint density at radius 3 is 2.96 bits per heavy atom. The fourth-order valence-electron chi connectivity index (χ4n) is 3.77. The van der Waals surface area contributed by atoms with Crippen molar-refractivity contribution in [2.24, 2.45) is 18.9 Å². The minimum Gasteiger partial charge on any atom is -0.366 e. The summed E-state index contributed by atoms with van der Waals surface area (Å²) in [6.07, 6.45) is 8.84. The first-order valence-corrected chi connectivity index (χ1v) is 8.80. The molecule has 4 rings (SSSR count). The summed E-state index contributed by atoms with van der Waals surface area (Å²) in [5.41, 5.74) is 0.850. The first kappa shape index (κ1) is 15.7. The number of rotatable bonds is 4.